The molecule has 0 aliphatic carbocycles. The second-order valence-corrected chi connectivity index (χ2v) is 5.53. The van der Waals surface area contributed by atoms with E-state index in [1.165, 1.54) is 0 Å². The number of rotatable bonds is 5. The Morgan fingerprint density at radius 1 is 1.41 bits per heavy atom. The first-order valence-electron chi connectivity index (χ1n) is 7.18. The van der Waals surface area contributed by atoms with Crippen LogP contribution in [0.25, 0.3) is 0 Å². The van der Waals surface area contributed by atoms with Crippen LogP contribution in [-0.4, -0.2) is 29.1 Å². The minimum Gasteiger partial charge on any atom is -0.388 e. The van der Waals surface area contributed by atoms with Crippen molar-refractivity contribution in [2.75, 3.05) is 11.9 Å². The van der Waals surface area contributed by atoms with Gasteiger partial charge in [0, 0.05) is 17.8 Å². The van der Waals surface area contributed by atoms with Crippen LogP contribution >= 0.6 is 0 Å². The lowest BCUT2D eigenvalue weighted by Crippen LogP contribution is -2.47. The van der Waals surface area contributed by atoms with Gasteiger partial charge in [0.1, 0.15) is 0 Å². The van der Waals surface area contributed by atoms with E-state index >= 15 is 0 Å². The van der Waals surface area contributed by atoms with E-state index in [1.54, 1.807) is 31.2 Å². The molecule has 22 heavy (non-hydrogen) atoms. The van der Waals surface area contributed by atoms with Crippen LogP contribution in [0.4, 0.5) is 5.69 Å². The minimum absolute atomic E-state index is 0.00294. The van der Waals surface area contributed by atoms with E-state index in [9.17, 15) is 14.7 Å². The zero-order valence-electron chi connectivity index (χ0n) is 13.1. The molecule has 1 rings (SSSR count). The Balaban J connectivity index is 2.59. The summed E-state index contributed by atoms with van der Waals surface area (Å²) >= 11 is 0. The average Bonchev–Trinajstić information content (AvgIpc) is 2.51. The molecule has 2 amide bonds. The van der Waals surface area contributed by atoms with Gasteiger partial charge in [-0.1, -0.05) is 32.3 Å². The van der Waals surface area contributed by atoms with E-state index in [0.717, 1.165) is 6.42 Å². The molecule has 1 aromatic carbocycles. The highest BCUT2D eigenvalue weighted by atomic mass is 16.3. The molecule has 2 atom stereocenters. The number of hydrogen-bond acceptors (Lipinski definition) is 3. The largest absolute Gasteiger partial charge is 0.388 e. The molecule has 0 heterocycles. The summed E-state index contributed by atoms with van der Waals surface area (Å²) in [4.78, 5) is 23.6. The van der Waals surface area contributed by atoms with Crippen LogP contribution in [0.15, 0.2) is 24.3 Å². The molecule has 118 valence electrons. The summed E-state index contributed by atoms with van der Waals surface area (Å²) < 4.78 is 0. The number of carbonyl (C=O) groups excluding carboxylic acids is 2. The first kappa shape index (κ1) is 17.7. The van der Waals surface area contributed by atoms with E-state index in [1.807, 2.05) is 13.8 Å². The highest BCUT2D eigenvalue weighted by Crippen LogP contribution is 2.18. The van der Waals surface area contributed by atoms with Gasteiger partial charge in [-0.25, -0.2) is 0 Å². The van der Waals surface area contributed by atoms with Crippen LogP contribution in [0.1, 0.15) is 32.8 Å². The van der Waals surface area contributed by atoms with Crippen molar-refractivity contribution < 1.29 is 14.7 Å². The van der Waals surface area contributed by atoms with Crippen LogP contribution in [0.2, 0.25) is 0 Å². The molecule has 0 saturated heterocycles. The average molecular weight is 302 g/mol. The lowest BCUT2D eigenvalue weighted by atomic mass is 9.89. The van der Waals surface area contributed by atoms with Gasteiger partial charge < -0.3 is 15.7 Å². The van der Waals surface area contributed by atoms with E-state index in [-0.39, 0.29) is 12.5 Å². The molecular weight excluding hydrogens is 280 g/mol. The molecule has 1 aromatic rings. The third-order valence-electron chi connectivity index (χ3n) is 3.77. The van der Waals surface area contributed by atoms with Gasteiger partial charge in [0.2, 0.25) is 0 Å². The van der Waals surface area contributed by atoms with Gasteiger partial charge >= 0.3 is 11.8 Å². The topological polar surface area (TPSA) is 78.4 Å². The van der Waals surface area contributed by atoms with Crippen molar-refractivity contribution in [3.63, 3.8) is 0 Å². The van der Waals surface area contributed by atoms with Crippen molar-refractivity contribution in [3.05, 3.63) is 29.8 Å². The van der Waals surface area contributed by atoms with Crippen molar-refractivity contribution in [3.8, 4) is 12.3 Å². The fraction of sp³-hybridized carbons (Fsp3) is 0.412. The molecule has 0 aliphatic rings. The predicted octanol–water partition coefficient (Wildman–Crippen LogP) is 1.52. The van der Waals surface area contributed by atoms with Gasteiger partial charge in [-0.15, -0.1) is 6.42 Å². The van der Waals surface area contributed by atoms with Gasteiger partial charge in [0.15, 0.2) is 0 Å². The van der Waals surface area contributed by atoms with Gasteiger partial charge in [-0.3, -0.25) is 9.59 Å². The summed E-state index contributed by atoms with van der Waals surface area (Å²) in [6, 6.07) is 6.65. The summed E-state index contributed by atoms with van der Waals surface area (Å²) in [6.45, 7) is 5.48. The fourth-order valence-corrected chi connectivity index (χ4v) is 1.83. The molecule has 0 aromatic heterocycles. The molecular formula is C17H22N2O3. The number of hydrogen-bond donors (Lipinski definition) is 3. The molecule has 2 unspecified atom stereocenters. The maximum absolute atomic E-state index is 11.8. The molecule has 0 saturated carbocycles. The monoisotopic (exact) mass is 302 g/mol. The van der Waals surface area contributed by atoms with Gasteiger partial charge in [-0.2, -0.15) is 0 Å². The second-order valence-electron chi connectivity index (χ2n) is 5.53. The number of aliphatic hydroxyl groups is 1. The number of benzene rings is 1. The Kier molecular flexibility index (Phi) is 6.14. The van der Waals surface area contributed by atoms with Crippen molar-refractivity contribution >= 4 is 17.5 Å². The Morgan fingerprint density at radius 3 is 2.68 bits per heavy atom. The van der Waals surface area contributed by atoms with E-state index in [4.69, 9.17) is 6.42 Å². The summed E-state index contributed by atoms with van der Waals surface area (Å²) in [7, 11) is 0. The normalized spacial score (nSPS) is 14.3. The van der Waals surface area contributed by atoms with E-state index in [2.05, 4.69) is 16.6 Å². The van der Waals surface area contributed by atoms with Gasteiger partial charge in [0.25, 0.3) is 0 Å². The Hall–Kier alpha value is -2.32. The van der Waals surface area contributed by atoms with Crippen molar-refractivity contribution in [1.29, 1.82) is 0 Å². The highest BCUT2D eigenvalue weighted by Gasteiger charge is 2.28. The zero-order valence-corrected chi connectivity index (χ0v) is 13.1. The Bertz CT molecular complexity index is 588. The molecule has 5 nitrogen and oxygen atoms in total. The quantitative estimate of drug-likeness (QED) is 0.570. The third kappa shape index (κ3) is 4.90. The number of anilines is 1. The van der Waals surface area contributed by atoms with Gasteiger partial charge in [-0.05, 0) is 31.0 Å². The summed E-state index contributed by atoms with van der Waals surface area (Å²) in [6.07, 6.45) is 6.05. The van der Waals surface area contributed by atoms with Crippen molar-refractivity contribution in [1.82, 2.24) is 5.32 Å². The molecule has 3 N–H and O–H groups in total. The first-order chi connectivity index (χ1) is 10.3. The van der Waals surface area contributed by atoms with Gasteiger partial charge in [0.05, 0.1) is 5.60 Å². The first-order valence-corrected chi connectivity index (χ1v) is 7.18. The fourth-order valence-electron chi connectivity index (χ4n) is 1.83. The maximum Gasteiger partial charge on any atom is 0.313 e. The lowest BCUT2D eigenvalue weighted by Gasteiger charge is -2.29. The summed E-state index contributed by atoms with van der Waals surface area (Å²) in [5.41, 5.74) is -0.00384. The van der Waals surface area contributed by atoms with Crippen LogP contribution < -0.4 is 10.6 Å². The minimum atomic E-state index is -1.06. The molecule has 0 aliphatic heterocycles. The molecule has 0 bridgehead atoms. The lowest BCUT2D eigenvalue weighted by molar-refractivity contribution is -0.137. The predicted molar refractivity (Wildman–Crippen MR) is 86.1 cm³/mol. The van der Waals surface area contributed by atoms with Crippen LogP contribution in [0.5, 0.6) is 0 Å². The number of terminal acetylenes is 1. The van der Waals surface area contributed by atoms with E-state index < -0.39 is 17.4 Å². The zero-order chi connectivity index (χ0) is 16.8. The van der Waals surface area contributed by atoms with Crippen LogP contribution in [0.3, 0.4) is 0 Å². The van der Waals surface area contributed by atoms with Crippen LogP contribution in [-0.2, 0) is 9.59 Å². The molecule has 0 spiro atoms. The number of nitrogens with one attached hydrogen (secondary N) is 2. The van der Waals surface area contributed by atoms with E-state index in [0.29, 0.717) is 11.3 Å². The number of amides is 2. The third-order valence-corrected chi connectivity index (χ3v) is 3.77. The number of carbonyl (C=O) groups is 2. The second kappa shape index (κ2) is 7.62. The smallest absolute Gasteiger partial charge is 0.313 e. The summed E-state index contributed by atoms with van der Waals surface area (Å²) in [5.74, 6) is 0.858. The van der Waals surface area contributed by atoms with Crippen molar-refractivity contribution in [2.45, 2.75) is 32.8 Å². The highest BCUT2D eigenvalue weighted by molar-refractivity contribution is 6.39. The molecule has 0 fully saturated rings. The Morgan fingerprint density at radius 2 is 2.09 bits per heavy atom. The Labute approximate surface area is 131 Å². The standard InChI is InChI=1S/C17H22N2O3/c1-5-12(3)17(4,22)11-18-15(20)16(21)19-14-9-7-8-13(6-2)10-14/h2,7-10,12,22H,5,11H2,1,3-4H3,(H,18,20)(H,19,21). The molecule has 0 radical (unpaired) electrons. The SMILES string of the molecule is C#Cc1cccc(NC(=O)C(=O)NCC(C)(O)C(C)CC)c1. The van der Waals surface area contributed by atoms with Crippen molar-refractivity contribution in [2.24, 2.45) is 5.92 Å². The maximum atomic E-state index is 11.8. The van der Waals surface area contributed by atoms with Crippen LogP contribution in [0, 0.1) is 18.3 Å². The summed E-state index contributed by atoms with van der Waals surface area (Å²) in [5, 5.41) is 15.1. The molecule has 5 heteroatoms.